The Hall–Kier alpha value is -3.34. The SMILES string of the molecule is CN(CC(=O)O)C(C)(C(=O)N1CCCC1)c1ccc2c(c1)nc(CNc1ccc(C(=N)N)cc1)n2C.Cl.Cl. The number of amidine groups is 1. The Morgan fingerprint density at radius 2 is 1.79 bits per heavy atom. The Morgan fingerprint density at radius 3 is 2.37 bits per heavy atom. The van der Waals surface area contributed by atoms with Gasteiger partial charge in [0.1, 0.15) is 17.2 Å². The molecule has 1 aromatic heterocycles. The zero-order valence-corrected chi connectivity index (χ0v) is 23.4. The molecule has 1 unspecified atom stereocenters. The zero-order valence-electron chi connectivity index (χ0n) is 21.7. The van der Waals surface area contributed by atoms with E-state index >= 15 is 0 Å². The lowest BCUT2D eigenvalue weighted by molar-refractivity contribution is -0.147. The molecule has 12 heteroatoms. The number of fused-ring (bicyclic) bond motifs is 1. The Kier molecular flexibility index (Phi) is 10.1. The highest BCUT2D eigenvalue weighted by Gasteiger charge is 2.43. The van der Waals surface area contributed by atoms with Gasteiger partial charge in [-0.1, -0.05) is 6.07 Å². The highest BCUT2D eigenvalue weighted by Crippen LogP contribution is 2.33. The fourth-order valence-corrected chi connectivity index (χ4v) is 4.76. The number of aryl methyl sites for hydroxylation is 1. The molecule has 1 amide bonds. The predicted molar refractivity (Wildman–Crippen MR) is 153 cm³/mol. The van der Waals surface area contributed by atoms with Crippen molar-refractivity contribution >= 4 is 59.2 Å². The number of nitrogens with one attached hydrogen (secondary N) is 2. The van der Waals surface area contributed by atoms with Gasteiger partial charge in [0.25, 0.3) is 0 Å². The van der Waals surface area contributed by atoms with E-state index < -0.39 is 11.5 Å². The van der Waals surface area contributed by atoms with Gasteiger partial charge in [-0.05, 0) is 68.8 Å². The van der Waals surface area contributed by atoms with Crippen LogP contribution in [-0.4, -0.2) is 68.9 Å². The first-order chi connectivity index (χ1) is 17.1. The number of aromatic nitrogens is 2. The van der Waals surface area contributed by atoms with Crippen molar-refractivity contribution in [1.82, 2.24) is 19.4 Å². The fourth-order valence-electron chi connectivity index (χ4n) is 4.76. The summed E-state index contributed by atoms with van der Waals surface area (Å²) >= 11 is 0. The summed E-state index contributed by atoms with van der Waals surface area (Å²) in [5.74, 6) is -0.238. The molecule has 0 bridgehead atoms. The monoisotopic (exact) mass is 563 g/mol. The molecule has 1 atom stereocenters. The lowest BCUT2D eigenvalue weighted by Gasteiger charge is -2.39. The number of halogens is 2. The molecular weight excluding hydrogens is 529 g/mol. The molecule has 206 valence electrons. The molecule has 10 nitrogen and oxygen atoms in total. The molecule has 2 aromatic carbocycles. The number of carboxylic acid groups (broad SMARTS) is 1. The summed E-state index contributed by atoms with van der Waals surface area (Å²) in [5.41, 5.74) is 8.31. The Bertz CT molecular complexity index is 1310. The number of likely N-dealkylation sites (tertiary alicyclic amines) is 1. The van der Waals surface area contributed by atoms with Gasteiger partial charge in [-0.15, -0.1) is 24.8 Å². The fraction of sp³-hybridized carbons (Fsp3) is 0.385. The van der Waals surface area contributed by atoms with Gasteiger partial charge in [0.2, 0.25) is 5.91 Å². The van der Waals surface area contributed by atoms with E-state index in [2.05, 4.69) is 5.32 Å². The van der Waals surface area contributed by atoms with Crippen molar-refractivity contribution in [1.29, 1.82) is 5.41 Å². The van der Waals surface area contributed by atoms with E-state index in [1.165, 1.54) is 0 Å². The summed E-state index contributed by atoms with van der Waals surface area (Å²) in [5, 5.41) is 20.3. The number of carbonyl (C=O) groups excluding carboxylic acids is 1. The maximum absolute atomic E-state index is 13.7. The van der Waals surface area contributed by atoms with Crippen LogP contribution in [0.3, 0.4) is 0 Å². The van der Waals surface area contributed by atoms with E-state index in [-0.39, 0.29) is 43.1 Å². The molecule has 3 aromatic rings. The number of imidazole rings is 1. The van der Waals surface area contributed by atoms with E-state index in [1.807, 2.05) is 46.8 Å². The number of aliphatic carboxylic acids is 1. The lowest BCUT2D eigenvalue weighted by atomic mass is 9.88. The van der Waals surface area contributed by atoms with Crippen LogP contribution in [0.15, 0.2) is 42.5 Å². The van der Waals surface area contributed by atoms with Gasteiger partial charge < -0.3 is 25.6 Å². The standard InChI is InChI=1S/C26H33N7O3.2ClH/c1-26(31(2)16-23(34)35,25(36)33-12-4-5-13-33)18-8-11-21-20(14-18)30-22(32(21)3)15-29-19-9-6-17(7-10-19)24(27)28;;/h6-11,14,29H,4-5,12-13,15-16H2,1-3H3,(H3,27,28)(H,34,35);2*1H. The van der Waals surface area contributed by atoms with Gasteiger partial charge in [0.05, 0.1) is 24.1 Å². The number of carbonyl (C=O) groups is 2. The van der Waals surface area contributed by atoms with E-state index in [4.69, 9.17) is 16.1 Å². The minimum atomic E-state index is -1.13. The molecular formula is C26H35Cl2N7O3. The van der Waals surface area contributed by atoms with Gasteiger partial charge in [-0.3, -0.25) is 19.9 Å². The molecule has 1 aliphatic heterocycles. The van der Waals surface area contributed by atoms with Crippen LogP contribution in [0.4, 0.5) is 5.69 Å². The molecule has 1 fully saturated rings. The minimum Gasteiger partial charge on any atom is -0.480 e. The van der Waals surface area contributed by atoms with Gasteiger partial charge in [0.15, 0.2) is 0 Å². The van der Waals surface area contributed by atoms with Crippen LogP contribution in [0.25, 0.3) is 11.0 Å². The number of nitrogens with zero attached hydrogens (tertiary/aromatic N) is 4. The minimum absolute atomic E-state index is 0. The van der Waals surface area contributed by atoms with Gasteiger partial charge in [-0.2, -0.15) is 0 Å². The summed E-state index contributed by atoms with van der Waals surface area (Å²) in [6.07, 6.45) is 1.91. The number of likely N-dealkylation sites (N-methyl/N-ethyl adjacent to an activating group) is 1. The number of anilines is 1. The second kappa shape index (κ2) is 12.5. The second-order valence-electron chi connectivity index (χ2n) is 9.46. The van der Waals surface area contributed by atoms with Crippen LogP contribution in [0.2, 0.25) is 0 Å². The number of amides is 1. The first kappa shape index (κ1) is 30.9. The molecule has 1 aliphatic rings. The summed E-state index contributed by atoms with van der Waals surface area (Å²) in [4.78, 5) is 33.4. The Morgan fingerprint density at radius 1 is 1.16 bits per heavy atom. The molecule has 38 heavy (non-hydrogen) atoms. The van der Waals surface area contributed by atoms with Crippen molar-refractivity contribution in [2.45, 2.75) is 31.8 Å². The van der Waals surface area contributed by atoms with Crippen molar-refractivity contribution in [3.63, 3.8) is 0 Å². The number of hydrogen-bond acceptors (Lipinski definition) is 6. The number of nitrogens with two attached hydrogens (primary N) is 1. The predicted octanol–water partition coefficient (Wildman–Crippen LogP) is 3.17. The first-order valence-corrected chi connectivity index (χ1v) is 12.0. The Labute approximate surface area is 234 Å². The summed E-state index contributed by atoms with van der Waals surface area (Å²) in [6.45, 7) is 3.39. The number of carboxylic acids is 1. The van der Waals surface area contributed by atoms with Crippen LogP contribution in [0.5, 0.6) is 0 Å². The third kappa shape index (κ3) is 6.03. The first-order valence-electron chi connectivity index (χ1n) is 12.0. The van der Waals surface area contributed by atoms with Crippen molar-refractivity contribution < 1.29 is 14.7 Å². The maximum atomic E-state index is 13.7. The van der Waals surface area contributed by atoms with Crippen LogP contribution >= 0.6 is 24.8 Å². The smallest absolute Gasteiger partial charge is 0.317 e. The van der Waals surface area contributed by atoms with Crippen LogP contribution in [-0.2, 0) is 28.7 Å². The van der Waals surface area contributed by atoms with Crippen molar-refractivity contribution in [3.8, 4) is 0 Å². The van der Waals surface area contributed by atoms with Gasteiger partial charge in [0, 0.05) is 31.4 Å². The molecule has 4 rings (SSSR count). The number of hydrogen-bond donors (Lipinski definition) is 4. The van der Waals surface area contributed by atoms with E-state index in [0.717, 1.165) is 35.4 Å². The average molecular weight is 565 g/mol. The van der Waals surface area contributed by atoms with E-state index in [9.17, 15) is 14.7 Å². The number of rotatable bonds is 9. The largest absolute Gasteiger partial charge is 0.480 e. The third-order valence-corrected chi connectivity index (χ3v) is 7.13. The van der Waals surface area contributed by atoms with Crippen LogP contribution in [0, 0.1) is 5.41 Å². The molecule has 5 N–H and O–H groups in total. The van der Waals surface area contributed by atoms with Crippen molar-refractivity contribution in [2.75, 3.05) is 32.0 Å². The number of benzene rings is 2. The highest BCUT2D eigenvalue weighted by atomic mass is 35.5. The average Bonchev–Trinajstić information content (AvgIpc) is 3.49. The molecule has 1 saturated heterocycles. The van der Waals surface area contributed by atoms with Crippen LogP contribution < -0.4 is 11.1 Å². The quantitative estimate of drug-likeness (QED) is 0.231. The normalized spacial score (nSPS) is 14.5. The highest BCUT2D eigenvalue weighted by molar-refractivity contribution is 5.95. The Balaban J connectivity index is 0.00000253. The maximum Gasteiger partial charge on any atom is 0.317 e. The third-order valence-electron chi connectivity index (χ3n) is 7.13. The second-order valence-corrected chi connectivity index (χ2v) is 9.46. The molecule has 0 radical (unpaired) electrons. The summed E-state index contributed by atoms with van der Waals surface area (Å²) in [6, 6.07) is 13.0. The van der Waals surface area contributed by atoms with E-state index in [1.54, 1.807) is 31.0 Å². The van der Waals surface area contributed by atoms with Gasteiger partial charge >= 0.3 is 5.97 Å². The number of nitrogen functional groups attached to an aromatic ring is 1. The lowest BCUT2D eigenvalue weighted by Crippen LogP contribution is -2.55. The topological polar surface area (TPSA) is 141 Å². The summed E-state index contributed by atoms with van der Waals surface area (Å²) in [7, 11) is 3.62. The van der Waals surface area contributed by atoms with Gasteiger partial charge in [-0.25, -0.2) is 4.98 Å². The van der Waals surface area contributed by atoms with E-state index in [0.29, 0.717) is 30.8 Å². The van der Waals surface area contributed by atoms with Crippen molar-refractivity contribution in [2.24, 2.45) is 12.8 Å². The molecule has 0 spiro atoms. The van der Waals surface area contributed by atoms with Crippen molar-refractivity contribution in [3.05, 3.63) is 59.4 Å². The molecule has 2 heterocycles. The molecule has 0 saturated carbocycles. The summed E-state index contributed by atoms with van der Waals surface area (Å²) < 4.78 is 2.00. The molecule has 0 aliphatic carbocycles. The van der Waals surface area contributed by atoms with Crippen LogP contribution in [0.1, 0.15) is 36.7 Å². The zero-order chi connectivity index (χ0) is 26.0.